The fraction of sp³-hybridized carbons (Fsp3) is 0.571. The molecule has 104 valence electrons. The molecule has 0 aliphatic heterocycles. The molecule has 0 saturated heterocycles. The number of rotatable bonds is 3. The molecule has 5 nitrogen and oxygen atoms in total. The van der Waals surface area contributed by atoms with Crippen molar-refractivity contribution in [3.8, 4) is 5.75 Å². The van der Waals surface area contributed by atoms with Crippen LogP contribution in [0.2, 0.25) is 0 Å². The molecule has 2 rings (SSSR count). The van der Waals surface area contributed by atoms with E-state index in [-0.39, 0.29) is 11.8 Å². The first kappa shape index (κ1) is 13.8. The summed E-state index contributed by atoms with van der Waals surface area (Å²) in [5.74, 6) is 0.503. The largest absolute Gasteiger partial charge is 0.487 e. The normalized spacial score (nSPS) is 23.1. The molecule has 1 aromatic carbocycles. The number of aliphatic hydroxyl groups excluding tert-OH is 1. The molecule has 1 saturated carbocycles. The zero-order chi connectivity index (χ0) is 14.0. The maximum atomic E-state index is 10.9. The van der Waals surface area contributed by atoms with Crippen molar-refractivity contribution in [1.29, 1.82) is 0 Å². The summed E-state index contributed by atoms with van der Waals surface area (Å²) in [5, 5.41) is 20.8. The van der Waals surface area contributed by atoms with E-state index in [0.717, 1.165) is 31.2 Å². The number of hydrogen-bond acceptors (Lipinski definition) is 4. The van der Waals surface area contributed by atoms with Crippen LogP contribution in [0.15, 0.2) is 12.1 Å². The molecule has 0 unspecified atom stereocenters. The Hall–Kier alpha value is -1.62. The molecule has 0 heterocycles. The number of nitrogens with zero attached hydrogens (tertiary/aromatic N) is 1. The Morgan fingerprint density at radius 2 is 1.95 bits per heavy atom. The third-order valence-corrected chi connectivity index (χ3v) is 3.64. The van der Waals surface area contributed by atoms with E-state index in [9.17, 15) is 15.2 Å². The Bertz CT molecular complexity index is 487. The van der Waals surface area contributed by atoms with E-state index < -0.39 is 11.0 Å². The lowest BCUT2D eigenvalue weighted by Gasteiger charge is -2.28. The van der Waals surface area contributed by atoms with Crippen molar-refractivity contribution in [3.63, 3.8) is 0 Å². The summed E-state index contributed by atoms with van der Waals surface area (Å²) in [4.78, 5) is 10.5. The van der Waals surface area contributed by atoms with Crippen LogP contribution in [0.4, 0.5) is 5.69 Å². The minimum atomic E-state index is -0.478. The number of aryl methyl sites for hydroxylation is 2. The highest BCUT2D eigenvalue weighted by molar-refractivity contribution is 5.49. The van der Waals surface area contributed by atoms with Crippen molar-refractivity contribution in [1.82, 2.24) is 0 Å². The molecule has 5 heteroatoms. The molecule has 0 spiro atoms. The lowest BCUT2D eigenvalue weighted by atomic mass is 9.94. The standard InChI is InChI=1S/C14H19NO4/c1-9-7-10(2)14(8-11(9)15(17)18)19-13-6-4-3-5-12(13)16/h7-8,12-13,16H,3-6H2,1-2H3/t12-,13-/m1/s1. The van der Waals surface area contributed by atoms with Crippen molar-refractivity contribution in [2.45, 2.75) is 51.7 Å². The second-order valence-corrected chi connectivity index (χ2v) is 5.17. The number of nitro groups is 1. The van der Waals surface area contributed by atoms with Crippen LogP contribution < -0.4 is 4.74 Å². The van der Waals surface area contributed by atoms with E-state index in [0.29, 0.717) is 11.3 Å². The smallest absolute Gasteiger partial charge is 0.276 e. The van der Waals surface area contributed by atoms with Gasteiger partial charge in [0.05, 0.1) is 17.1 Å². The first-order valence-electron chi connectivity index (χ1n) is 6.59. The zero-order valence-electron chi connectivity index (χ0n) is 11.3. The number of hydrogen-bond donors (Lipinski definition) is 1. The molecule has 0 radical (unpaired) electrons. The van der Waals surface area contributed by atoms with Gasteiger partial charge in [0.25, 0.3) is 5.69 Å². The highest BCUT2D eigenvalue weighted by Crippen LogP contribution is 2.31. The number of aliphatic hydroxyl groups is 1. The summed E-state index contributed by atoms with van der Waals surface area (Å²) in [5.41, 5.74) is 1.55. The fourth-order valence-electron chi connectivity index (χ4n) is 2.52. The maximum absolute atomic E-state index is 10.9. The van der Waals surface area contributed by atoms with E-state index in [1.54, 1.807) is 13.0 Å². The number of benzene rings is 1. The van der Waals surface area contributed by atoms with Crippen molar-refractivity contribution in [3.05, 3.63) is 33.4 Å². The maximum Gasteiger partial charge on any atom is 0.276 e. The average Bonchev–Trinajstić information content (AvgIpc) is 2.34. The Morgan fingerprint density at radius 3 is 2.58 bits per heavy atom. The van der Waals surface area contributed by atoms with Crippen molar-refractivity contribution >= 4 is 5.69 Å². The fourth-order valence-corrected chi connectivity index (χ4v) is 2.52. The van der Waals surface area contributed by atoms with Crippen LogP contribution in [0.3, 0.4) is 0 Å². The molecule has 2 atom stereocenters. The van der Waals surface area contributed by atoms with Crippen LogP contribution in [0.25, 0.3) is 0 Å². The molecular weight excluding hydrogens is 246 g/mol. The summed E-state index contributed by atoms with van der Waals surface area (Å²) in [6.45, 7) is 3.58. The summed E-state index contributed by atoms with van der Waals surface area (Å²) < 4.78 is 5.79. The first-order valence-corrected chi connectivity index (χ1v) is 6.59. The summed E-state index contributed by atoms with van der Waals surface area (Å²) in [6, 6.07) is 3.22. The quantitative estimate of drug-likeness (QED) is 0.673. The van der Waals surface area contributed by atoms with E-state index in [1.807, 2.05) is 6.92 Å². The van der Waals surface area contributed by atoms with Gasteiger partial charge in [0.1, 0.15) is 11.9 Å². The monoisotopic (exact) mass is 265 g/mol. The number of nitro benzene ring substituents is 1. The Balaban J connectivity index is 2.24. The van der Waals surface area contributed by atoms with E-state index in [2.05, 4.69) is 0 Å². The predicted octanol–water partition coefficient (Wildman–Crippen LogP) is 2.89. The molecule has 1 aliphatic rings. The van der Waals surface area contributed by atoms with Crippen LogP contribution in [0.5, 0.6) is 5.75 Å². The van der Waals surface area contributed by atoms with Crippen LogP contribution in [0, 0.1) is 24.0 Å². The van der Waals surface area contributed by atoms with Crippen LogP contribution in [0.1, 0.15) is 36.8 Å². The second-order valence-electron chi connectivity index (χ2n) is 5.17. The van der Waals surface area contributed by atoms with E-state index >= 15 is 0 Å². The van der Waals surface area contributed by atoms with Crippen LogP contribution in [-0.2, 0) is 0 Å². The zero-order valence-corrected chi connectivity index (χ0v) is 11.3. The summed E-state index contributed by atoms with van der Waals surface area (Å²) in [7, 11) is 0. The molecule has 1 aliphatic carbocycles. The molecular formula is C14H19NO4. The number of ether oxygens (including phenoxy) is 1. The van der Waals surface area contributed by atoms with Gasteiger partial charge in [-0.25, -0.2) is 0 Å². The van der Waals surface area contributed by atoms with Gasteiger partial charge in [0, 0.05) is 5.56 Å². The van der Waals surface area contributed by atoms with Crippen molar-refractivity contribution in [2.75, 3.05) is 0 Å². The molecule has 1 N–H and O–H groups in total. The van der Waals surface area contributed by atoms with Crippen molar-refractivity contribution < 1.29 is 14.8 Å². The lowest BCUT2D eigenvalue weighted by molar-refractivity contribution is -0.385. The Kier molecular flexibility index (Phi) is 4.04. The minimum Gasteiger partial charge on any atom is -0.487 e. The van der Waals surface area contributed by atoms with E-state index in [1.165, 1.54) is 6.07 Å². The highest BCUT2D eigenvalue weighted by atomic mass is 16.6. The lowest BCUT2D eigenvalue weighted by Crippen LogP contribution is -2.34. The predicted molar refractivity (Wildman–Crippen MR) is 71.5 cm³/mol. The Morgan fingerprint density at radius 1 is 1.26 bits per heavy atom. The van der Waals surface area contributed by atoms with Gasteiger partial charge < -0.3 is 9.84 Å². The van der Waals surface area contributed by atoms with Gasteiger partial charge in [-0.3, -0.25) is 10.1 Å². The van der Waals surface area contributed by atoms with Gasteiger partial charge in [-0.1, -0.05) is 6.42 Å². The molecule has 0 amide bonds. The topological polar surface area (TPSA) is 72.6 Å². The van der Waals surface area contributed by atoms with Crippen LogP contribution >= 0.6 is 0 Å². The average molecular weight is 265 g/mol. The first-order chi connectivity index (χ1) is 8.99. The molecule has 0 aromatic heterocycles. The summed E-state index contributed by atoms with van der Waals surface area (Å²) >= 11 is 0. The van der Waals surface area contributed by atoms with Gasteiger partial charge in [0.15, 0.2) is 0 Å². The third-order valence-electron chi connectivity index (χ3n) is 3.64. The van der Waals surface area contributed by atoms with Gasteiger partial charge in [-0.2, -0.15) is 0 Å². The van der Waals surface area contributed by atoms with Gasteiger partial charge >= 0.3 is 0 Å². The molecule has 1 aromatic rings. The van der Waals surface area contributed by atoms with Crippen LogP contribution in [-0.4, -0.2) is 22.2 Å². The second kappa shape index (κ2) is 5.57. The highest BCUT2D eigenvalue weighted by Gasteiger charge is 2.26. The van der Waals surface area contributed by atoms with E-state index in [4.69, 9.17) is 4.74 Å². The molecule has 1 fully saturated rings. The third kappa shape index (κ3) is 3.04. The van der Waals surface area contributed by atoms with Gasteiger partial charge in [-0.05, 0) is 44.7 Å². The molecule has 0 bridgehead atoms. The SMILES string of the molecule is Cc1cc(C)c([N+](=O)[O-])cc1O[C@@H]1CCCC[C@H]1O. The van der Waals surface area contributed by atoms with Gasteiger partial charge in [-0.15, -0.1) is 0 Å². The van der Waals surface area contributed by atoms with Crippen molar-refractivity contribution in [2.24, 2.45) is 0 Å². The van der Waals surface area contributed by atoms with Gasteiger partial charge in [0.2, 0.25) is 0 Å². The minimum absolute atomic E-state index is 0.0610. The molecule has 19 heavy (non-hydrogen) atoms. The Labute approximate surface area is 112 Å². The summed E-state index contributed by atoms with van der Waals surface area (Å²) in [6.07, 6.45) is 2.83.